The molecule has 1 fully saturated rings. The van der Waals surface area contributed by atoms with E-state index >= 15 is 0 Å². The normalized spacial score (nSPS) is 15.5. The number of aryl methyl sites for hydroxylation is 1. The van der Waals surface area contributed by atoms with Crippen LogP contribution in [0.15, 0.2) is 36.4 Å². The SMILES string of the molecule is Cc1c([C@@H](C)Nc2nnc(C)c3ccc(N4CCN(C(=O)OC(C)(C)C)CC4)cc23)cccc1C(F)(F)F. The molecule has 0 radical (unpaired) electrons. The van der Waals surface area contributed by atoms with Gasteiger partial charge >= 0.3 is 12.3 Å². The zero-order valence-electron chi connectivity index (χ0n) is 22.6. The zero-order chi connectivity index (χ0) is 27.8. The van der Waals surface area contributed by atoms with Crippen LogP contribution in [0.3, 0.4) is 0 Å². The summed E-state index contributed by atoms with van der Waals surface area (Å²) in [6, 6.07) is 9.82. The highest BCUT2D eigenvalue weighted by molar-refractivity contribution is 5.95. The van der Waals surface area contributed by atoms with E-state index in [2.05, 4.69) is 20.4 Å². The van der Waals surface area contributed by atoms with Gasteiger partial charge in [-0.05, 0) is 70.9 Å². The number of halogens is 3. The summed E-state index contributed by atoms with van der Waals surface area (Å²) in [6.45, 7) is 13.1. The first kappa shape index (κ1) is 27.5. The molecule has 1 aliphatic rings. The van der Waals surface area contributed by atoms with Crippen LogP contribution in [-0.2, 0) is 10.9 Å². The van der Waals surface area contributed by atoms with E-state index < -0.39 is 23.4 Å². The molecule has 0 aliphatic carbocycles. The van der Waals surface area contributed by atoms with Crippen LogP contribution >= 0.6 is 0 Å². The van der Waals surface area contributed by atoms with Gasteiger partial charge in [0.1, 0.15) is 5.60 Å². The Balaban J connectivity index is 1.57. The molecule has 7 nitrogen and oxygen atoms in total. The van der Waals surface area contributed by atoms with Gasteiger partial charge in [-0.15, -0.1) is 5.10 Å². The first-order valence-electron chi connectivity index (χ1n) is 12.7. The molecule has 1 N–H and O–H groups in total. The smallest absolute Gasteiger partial charge is 0.416 e. The van der Waals surface area contributed by atoms with E-state index in [-0.39, 0.29) is 11.7 Å². The standard InChI is InChI=1S/C28H34F3N5O2/c1-17-21(8-7-9-24(17)28(29,30)31)18(2)32-25-23-16-20(10-11-22(23)19(3)33-34-25)35-12-14-36(15-13-35)26(37)38-27(4,5)6/h7-11,16,18H,12-15H2,1-6H3,(H,32,34)/t18-/m1/s1. The molecule has 10 heteroatoms. The fraction of sp³-hybridized carbons (Fsp3) is 0.464. The molecular formula is C28H34F3N5O2. The van der Waals surface area contributed by atoms with E-state index in [1.54, 1.807) is 11.0 Å². The number of rotatable bonds is 4. The highest BCUT2D eigenvalue weighted by Crippen LogP contribution is 2.36. The van der Waals surface area contributed by atoms with Crippen molar-refractivity contribution in [1.29, 1.82) is 0 Å². The van der Waals surface area contributed by atoms with Crippen molar-refractivity contribution < 1.29 is 22.7 Å². The molecule has 0 saturated carbocycles. The molecular weight excluding hydrogens is 495 g/mol. The zero-order valence-corrected chi connectivity index (χ0v) is 22.6. The lowest BCUT2D eigenvalue weighted by Crippen LogP contribution is -2.50. The van der Waals surface area contributed by atoms with Crippen molar-refractivity contribution in [2.75, 3.05) is 36.4 Å². The number of hydrogen-bond acceptors (Lipinski definition) is 6. The summed E-state index contributed by atoms with van der Waals surface area (Å²) in [4.78, 5) is 16.3. The maximum atomic E-state index is 13.5. The molecule has 1 atom stereocenters. The summed E-state index contributed by atoms with van der Waals surface area (Å²) in [5, 5.41) is 13.7. The van der Waals surface area contributed by atoms with Crippen LogP contribution in [0.4, 0.5) is 29.5 Å². The number of nitrogens with one attached hydrogen (secondary N) is 1. The number of carbonyl (C=O) groups is 1. The Morgan fingerprint density at radius 2 is 1.68 bits per heavy atom. The Morgan fingerprint density at radius 1 is 1.00 bits per heavy atom. The number of benzene rings is 2. The predicted octanol–water partition coefficient (Wildman–Crippen LogP) is 6.50. The second kappa shape index (κ2) is 10.3. The molecule has 3 aromatic rings. The molecule has 1 amide bonds. The van der Waals surface area contributed by atoms with Gasteiger partial charge in [0.15, 0.2) is 5.82 Å². The maximum absolute atomic E-state index is 13.5. The van der Waals surface area contributed by atoms with Crippen LogP contribution in [0.2, 0.25) is 0 Å². The van der Waals surface area contributed by atoms with Gasteiger partial charge in [0.25, 0.3) is 0 Å². The molecule has 0 bridgehead atoms. The van der Waals surface area contributed by atoms with E-state index in [0.717, 1.165) is 28.2 Å². The van der Waals surface area contributed by atoms with Crippen molar-refractivity contribution in [3.05, 3.63) is 58.8 Å². The highest BCUT2D eigenvalue weighted by Gasteiger charge is 2.33. The van der Waals surface area contributed by atoms with Crippen LogP contribution < -0.4 is 10.2 Å². The van der Waals surface area contributed by atoms with Crippen molar-refractivity contribution in [3.8, 4) is 0 Å². The molecule has 1 saturated heterocycles. The predicted molar refractivity (Wildman–Crippen MR) is 143 cm³/mol. The van der Waals surface area contributed by atoms with Gasteiger partial charge in [-0.1, -0.05) is 18.2 Å². The minimum Gasteiger partial charge on any atom is -0.444 e. The van der Waals surface area contributed by atoms with Crippen molar-refractivity contribution in [2.45, 2.75) is 59.4 Å². The van der Waals surface area contributed by atoms with Crippen molar-refractivity contribution >= 4 is 28.4 Å². The minimum atomic E-state index is -4.42. The Kier molecular flexibility index (Phi) is 7.45. The third-order valence-corrected chi connectivity index (χ3v) is 6.75. The number of aromatic nitrogens is 2. The Morgan fingerprint density at radius 3 is 2.32 bits per heavy atom. The Labute approximate surface area is 221 Å². The van der Waals surface area contributed by atoms with Gasteiger partial charge in [0, 0.05) is 42.6 Å². The molecule has 1 aliphatic heterocycles. The molecule has 204 valence electrons. The molecule has 38 heavy (non-hydrogen) atoms. The summed E-state index contributed by atoms with van der Waals surface area (Å²) < 4.78 is 45.9. The topological polar surface area (TPSA) is 70.6 Å². The van der Waals surface area contributed by atoms with Gasteiger partial charge in [0.2, 0.25) is 0 Å². The average Bonchev–Trinajstić information content (AvgIpc) is 2.84. The number of hydrogen-bond donors (Lipinski definition) is 1. The fourth-order valence-corrected chi connectivity index (χ4v) is 4.77. The third kappa shape index (κ3) is 5.95. The second-order valence-electron chi connectivity index (χ2n) is 10.7. The summed E-state index contributed by atoms with van der Waals surface area (Å²) in [7, 11) is 0. The van der Waals surface area contributed by atoms with E-state index in [1.165, 1.54) is 13.0 Å². The molecule has 1 aromatic heterocycles. The second-order valence-corrected chi connectivity index (χ2v) is 10.7. The number of amides is 1. The minimum absolute atomic E-state index is 0.188. The van der Waals surface area contributed by atoms with Gasteiger partial charge in [-0.25, -0.2) is 4.79 Å². The third-order valence-electron chi connectivity index (χ3n) is 6.75. The van der Waals surface area contributed by atoms with Crippen LogP contribution in [0.5, 0.6) is 0 Å². The lowest BCUT2D eigenvalue weighted by molar-refractivity contribution is -0.138. The number of anilines is 2. The number of ether oxygens (including phenoxy) is 1. The van der Waals surface area contributed by atoms with Crippen molar-refractivity contribution in [3.63, 3.8) is 0 Å². The quantitative estimate of drug-likeness (QED) is 0.416. The van der Waals surface area contributed by atoms with Gasteiger partial charge in [-0.2, -0.15) is 18.3 Å². The fourth-order valence-electron chi connectivity index (χ4n) is 4.77. The lowest BCUT2D eigenvalue weighted by atomic mass is 9.97. The highest BCUT2D eigenvalue weighted by atomic mass is 19.4. The number of piperazine rings is 1. The molecule has 0 unspecified atom stereocenters. The number of fused-ring (bicyclic) bond motifs is 1. The average molecular weight is 530 g/mol. The monoisotopic (exact) mass is 529 g/mol. The van der Waals surface area contributed by atoms with E-state index in [1.807, 2.05) is 52.8 Å². The lowest BCUT2D eigenvalue weighted by Gasteiger charge is -2.36. The number of alkyl halides is 3. The first-order valence-corrected chi connectivity index (χ1v) is 12.7. The van der Waals surface area contributed by atoms with Crippen LogP contribution in [0.1, 0.15) is 56.1 Å². The summed E-state index contributed by atoms with van der Waals surface area (Å²) in [6.07, 6.45) is -4.73. The number of nitrogens with zero attached hydrogens (tertiary/aromatic N) is 4. The van der Waals surface area contributed by atoms with Crippen molar-refractivity contribution in [2.24, 2.45) is 0 Å². The van der Waals surface area contributed by atoms with Gasteiger partial charge < -0.3 is 19.9 Å². The molecule has 2 heterocycles. The summed E-state index contributed by atoms with van der Waals surface area (Å²) in [5.41, 5.74) is 1.28. The van der Waals surface area contributed by atoms with Crippen LogP contribution in [0.25, 0.3) is 10.8 Å². The van der Waals surface area contributed by atoms with Crippen molar-refractivity contribution in [1.82, 2.24) is 15.1 Å². The van der Waals surface area contributed by atoms with E-state index in [9.17, 15) is 18.0 Å². The molecule has 4 rings (SSSR count). The van der Waals surface area contributed by atoms with Gasteiger partial charge in [0.05, 0.1) is 17.3 Å². The molecule has 0 spiro atoms. The number of carbonyl (C=O) groups excluding carboxylic acids is 1. The first-order chi connectivity index (χ1) is 17.7. The maximum Gasteiger partial charge on any atom is 0.416 e. The van der Waals surface area contributed by atoms with E-state index in [4.69, 9.17) is 4.74 Å². The Hall–Kier alpha value is -3.56. The Bertz CT molecular complexity index is 1330. The van der Waals surface area contributed by atoms with Gasteiger partial charge in [-0.3, -0.25) is 0 Å². The summed E-state index contributed by atoms with van der Waals surface area (Å²) in [5.74, 6) is 0.504. The summed E-state index contributed by atoms with van der Waals surface area (Å²) >= 11 is 0. The largest absolute Gasteiger partial charge is 0.444 e. The van der Waals surface area contributed by atoms with Crippen LogP contribution in [0, 0.1) is 13.8 Å². The van der Waals surface area contributed by atoms with E-state index in [0.29, 0.717) is 37.6 Å². The van der Waals surface area contributed by atoms with Crippen LogP contribution in [-0.4, -0.2) is 53.0 Å². The molecule has 2 aromatic carbocycles.